The van der Waals surface area contributed by atoms with Crippen LogP contribution in [0.3, 0.4) is 0 Å². The molecular formula is C13H19N3O. The van der Waals surface area contributed by atoms with Gasteiger partial charge in [-0.2, -0.15) is 0 Å². The lowest BCUT2D eigenvalue weighted by molar-refractivity contribution is 0.318. The highest BCUT2D eigenvalue weighted by Crippen LogP contribution is 2.27. The zero-order valence-corrected chi connectivity index (χ0v) is 10.3. The topological polar surface area (TPSA) is 61.8 Å². The first-order valence-corrected chi connectivity index (χ1v) is 5.94. The molecule has 2 rings (SSSR count). The minimum absolute atomic E-state index is 0.153. The van der Waals surface area contributed by atoms with Gasteiger partial charge in [-0.05, 0) is 36.1 Å². The highest BCUT2D eigenvalue weighted by molar-refractivity contribution is 5.97. The van der Waals surface area contributed by atoms with E-state index in [-0.39, 0.29) is 5.84 Å². The van der Waals surface area contributed by atoms with E-state index in [4.69, 9.17) is 10.9 Å². The molecule has 1 saturated heterocycles. The first kappa shape index (κ1) is 11.8. The number of anilines is 1. The van der Waals surface area contributed by atoms with Gasteiger partial charge in [-0.1, -0.05) is 19.0 Å². The highest BCUT2D eigenvalue weighted by Gasteiger charge is 2.25. The van der Waals surface area contributed by atoms with Crippen LogP contribution in [0, 0.1) is 11.8 Å². The number of oxime groups is 1. The lowest BCUT2D eigenvalue weighted by Crippen LogP contribution is -2.20. The van der Waals surface area contributed by atoms with E-state index >= 15 is 0 Å². The van der Waals surface area contributed by atoms with Gasteiger partial charge in [-0.15, -0.1) is 0 Å². The maximum Gasteiger partial charge on any atom is 0.170 e. The maximum atomic E-state index is 8.59. The third-order valence-corrected chi connectivity index (χ3v) is 3.62. The molecule has 0 spiro atoms. The molecule has 4 heteroatoms. The largest absolute Gasteiger partial charge is 0.409 e. The van der Waals surface area contributed by atoms with Crippen LogP contribution in [0.2, 0.25) is 0 Å². The summed E-state index contributed by atoms with van der Waals surface area (Å²) in [6.07, 6.45) is 0. The Labute approximate surface area is 102 Å². The molecule has 1 fully saturated rings. The average Bonchev–Trinajstić information content (AvgIpc) is 2.69. The van der Waals surface area contributed by atoms with Crippen molar-refractivity contribution >= 4 is 11.5 Å². The van der Waals surface area contributed by atoms with Crippen molar-refractivity contribution in [3.63, 3.8) is 0 Å². The van der Waals surface area contributed by atoms with Crippen LogP contribution in [0.5, 0.6) is 0 Å². The molecule has 92 valence electrons. The quantitative estimate of drug-likeness (QED) is 0.355. The predicted molar refractivity (Wildman–Crippen MR) is 69.5 cm³/mol. The number of nitrogens with zero attached hydrogens (tertiary/aromatic N) is 2. The molecule has 0 saturated carbocycles. The smallest absolute Gasteiger partial charge is 0.170 e. The van der Waals surface area contributed by atoms with Gasteiger partial charge in [0.2, 0.25) is 0 Å². The first-order chi connectivity index (χ1) is 8.11. The van der Waals surface area contributed by atoms with Crippen LogP contribution in [-0.4, -0.2) is 24.1 Å². The lowest BCUT2D eigenvalue weighted by Gasteiger charge is -2.18. The fourth-order valence-electron chi connectivity index (χ4n) is 2.24. The third-order valence-electron chi connectivity index (χ3n) is 3.62. The van der Waals surface area contributed by atoms with E-state index in [0.29, 0.717) is 0 Å². The van der Waals surface area contributed by atoms with Gasteiger partial charge in [0.25, 0.3) is 0 Å². The van der Waals surface area contributed by atoms with E-state index in [9.17, 15) is 0 Å². The van der Waals surface area contributed by atoms with Crippen molar-refractivity contribution < 1.29 is 5.21 Å². The number of hydrogen-bond acceptors (Lipinski definition) is 3. The Balaban J connectivity index is 2.14. The molecule has 2 atom stereocenters. The number of nitrogens with two attached hydrogens (primary N) is 1. The standard InChI is InChI=1S/C13H19N3O/c1-9-7-16(8-10(9)2)12-5-3-11(4-6-12)13(14)15-17/h3-6,9-10,17H,7-8H2,1-2H3,(H2,14,15). The van der Waals surface area contributed by atoms with Crippen molar-refractivity contribution in [3.05, 3.63) is 29.8 Å². The van der Waals surface area contributed by atoms with Crippen LogP contribution in [0.25, 0.3) is 0 Å². The predicted octanol–water partition coefficient (Wildman–Crippen LogP) is 1.87. The molecule has 4 nitrogen and oxygen atoms in total. The molecule has 17 heavy (non-hydrogen) atoms. The van der Waals surface area contributed by atoms with E-state index in [1.165, 1.54) is 5.69 Å². The molecule has 1 aliphatic heterocycles. The summed E-state index contributed by atoms with van der Waals surface area (Å²) in [4.78, 5) is 2.38. The van der Waals surface area contributed by atoms with Crippen molar-refractivity contribution in [1.82, 2.24) is 0 Å². The zero-order valence-electron chi connectivity index (χ0n) is 10.3. The average molecular weight is 233 g/mol. The van der Waals surface area contributed by atoms with Crippen LogP contribution in [0.15, 0.2) is 29.4 Å². The van der Waals surface area contributed by atoms with Crippen molar-refractivity contribution in [1.29, 1.82) is 0 Å². The molecular weight excluding hydrogens is 214 g/mol. The Bertz CT molecular complexity index is 403. The molecule has 0 bridgehead atoms. The van der Waals surface area contributed by atoms with Crippen molar-refractivity contribution in [2.24, 2.45) is 22.7 Å². The lowest BCUT2D eigenvalue weighted by atomic mass is 10.0. The summed E-state index contributed by atoms with van der Waals surface area (Å²) in [5, 5.41) is 11.6. The maximum absolute atomic E-state index is 8.59. The normalized spacial score (nSPS) is 25.3. The van der Waals surface area contributed by atoms with Gasteiger partial charge in [0.1, 0.15) is 0 Å². The van der Waals surface area contributed by atoms with Gasteiger partial charge in [0, 0.05) is 24.3 Å². The van der Waals surface area contributed by atoms with E-state index in [1.54, 1.807) is 0 Å². The summed E-state index contributed by atoms with van der Waals surface area (Å²) in [5.41, 5.74) is 7.48. The molecule has 0 radical (unpaired) electrons. The van der Waals surface area contributed by atoms with Gasteiger partial charge in [0.15, 0.2) is 5.84 Å². The highest BCUT2D eigenvalue weighted by atomic mass is 16.4. The monoisotopic (exact) mass is 233 g/mol. The van der Waals surface area contributed by atoms with Gasteiger partial charge in [0.05, 0.1) is 0 Å². The Hall–Kier alpha value is -1.71. The molecule has 3 N–H and O–H groups in total. The Kier molecular flexibility index (Phi) is 3.22. The third kappa shape index (κ3) is 2.35. The number of hydrogen-bond donors (Lipinski definition) is 2. The summed E-state index contributed by atoms with van der Waals surface area (Å²) in [5.74, 6) is 1.62. The fourth-order valence-corrected chi connectivity index (χ4v) is 2.24. The van der Waals surface area contributed by atoms with E-state index in [1.807, 2.05) is 24.3 Å². The molecule has 1 aromatic carbocycles. The van der Waals surface area contributed by atoms with E-state index in [2.05, 4.69) is 23.9 Å². The van der Waals surface area contributed by atoms with Crippen LogP contribution in [0.1, 0.15) is 19.4 Å². The molecule has 0 aliphatic carbocycles. The minimum atomic E-state index is 0.153. The fraction of sp³-hybridized carbons (Fsp3) is 0.462. The molecule has 1 aromatic rings. The van der Waals surface area contributed by atoms with E-state index in [0.717, 1.165) is 30.5 Å². The van der Waals surface area contributed by atoms with E-state index < -0.39 is 0 Å². The van der Waals surface area contributed by atoms with Gasteiger partial charge < -0.3 is 15.8 Å². The molecule has 1 heterocycles. The van der Waals surface area contributed by atoms with Gasteiger partial charge >= 0.3 is 0 Å². The van der Waals surface area contributed by atoms with Gasteiger partial charge in [-0.3, -0.25) is 0 Å². The van der Waals surface area contributed by atoms with Crippen LogP contribution >= 0.6 is 0 Å². The van der Waals surface area contributed by atoms with Gasteiger partial charge in [-0.25, -0.2) is 0 Å². The van der Waals surface area contributed by atoms with Crippen molar-refractivity contribution in [3.8, 4) is 0 Å². The number of rotatable bonds is 2. The summed E-state index contributed by atoms with van der Waals surface area (Å²) >= 11 is 0. The van der Waals surface area contributed by atoms with Crippen LogP contribution < -0.4 is 10.6 Å². The Morgan fingerprint density at radius 3 is 2.24 bits per heavy atom. The Morgan fingerprint density at radius 1 is 1.24 bits per heavy atom. The molecule has 1 aliphatic rings. The number of amidine groups is 1. The summed E-state index contributed by atoms with van der Waals surface area (Å²) in [6, 6.07) is 7.83. The zero-order chi connectivity index (χ0) is 12.4. The SMILES string of the molecule is CC1CN(c2ccc(C(N)=NO)cc2)CC1C. The van der Waals surface area contributed by atoms with Crippen molar-refractivity contribution in [2.75, 3.05) is 18.0 Å². The molecule has 0 aromatic heterocycles. The molecule has 2 unspecified atom stereocenters. The second kappa shape index (κ2) is 4.65. The second-order valence-corrected chi connectivity index (χ2v) is 4.89. The van der Waals surface area contributed by atoms with Crippen molar-refractivity contribution in [2.45, 2.75) is 13.8 Å². The summed E-state index contributed by atoms with van der Waals surface area (Å²) in [6.45, 7) is 6.78. The van der Waals surface area contributed by atoms with Crippen LogP contribution in [0.4, 0.5) is 5.69 Å². The first-order valence-electron chi connectivity index (χ1n) is 5.94. The summed E-state index contributed by atoms with van der Waals surface area (Å²) < 4.78 is 0. The Morgan fingerprint density at radius 2 is 1.76 bits per heavy atom. The number of benzene rings is 1. The van der Waals surface area contributed by atoms with Crippen LogP contribution in [-0.2, 0) is 0 Å². The summed E-state index contributed by atoms with van der Waals surface area (Å²) in [7, 11) is 0. The minimum Gasteiger partial charge on any atom is -0.409 e. The second-order valence-electron chi connectivity index (χ2n) is 4.89. The molecule has 0 amide bonds.